The van der Waals surface area contributed by atoms with E-state index in [0.29, 0.717) is 5.56 Å². The van der Waals surface area contributed by atoms with Crippen LogP contribution < -0.4 is 0 Å². The summed E-state index contributed by atoms with van der Waals surface area (Å²) in [6.45, 7) is 2.26. The van der Waals surface area contributed by atoms with Crippen molar-refractivity contribution >= 4 is 0 Å². The third kappa shape index (κ3) is 5.64. The summed E-state index contributed by atoms with van der Waals surface area (Å²) < 4.78 is 40.5. The highest BCUT2D eigenvalue weighted by Gasteiger charge is 2.20. The maximum atomic E-state index is 14.4. The van der Waals surface area contributed by atoms with E-state index in [4.69, 9.17) is 0 Å². The predicted molar refractivity (Wildman–Crippen MR) is 107 cm³/mol. The fraction of sp³-hybridized carbons (Fsp3) is 0.440. The number of halogens is 3. The Hall–Kier alpha value is -2.21. The molecule has 0 amide bonds. The molecule has 0 spiro atoms. The number of rotatable bonds is 5. The van der Waals surface area contributed by atoms with Crippen LogP contribution in [0.3, 0.4) is 0 Å². The molecule has 0 unspecified atom stereocenters. The molecule has 0 N–H and O–H groups in total. The summed E-state index contributed by atoms with van der Waals surface area (Å²) in [7, 11) is 0. The largest absolute Gasteiger partial charge is 0.206 e. The second-order valence-corrected chi connectivity index (χ2v) is 7.91. The Morgan fingerprint density at radius 2 is 1.50 bits per heavy atom. The van der Waals surface area contributed by atoms with E-state index in [1.165, 1.54) is 44.6 Å². The van der Waals surface area contributed by atoms with Crippen molar-refractivity contribution in [1.29, 1.82) is 0 Å². The lowest BCUT2D eigenvalue weighted by molar-refractivity contribution is 0.252. The highest BCUT2D eigenvalue weighted by molar-refractivity contribution is 5.44. The third-order valence-corrected chi connectivity index (χ3v) is 5.80. The predicted octanol–water partition coefficient (Wildman–Crippen LogP) is 7.04. The smallest absolute Gasteiger partial charge is 0.160 e. The van der Waals surface area contributed by atoms with Crippen molar-refractivity contribution in [2.45, 2.75) is 58.3 Å². The molecule has 1 fully saturated rings. The molecule has 0 aromatic heterocycles. The van der Waals surface area contributed by atoms with Crippen LogP contribution >= 0.6 is 0 Å². The SMILES string of the molecule is CCCC1CCC(CCc2ccc(C#Cc3ccc(F)c(F)c3)c(F)c2)CC1. The fourth-order valence-electron chi connectivity index (χ4n) is 4.12. The van der Waals surface area contributed by atoms with Crippen LogP contribution in [0.1, 0.15) is 68.6 Å². The van der Waals surface area contributed by atoms with Crippen LogP contribution in [0, 0.1) is 41.1 Å². The van der Waals surface area contributed by atoms with Gasteiger partial charge >= 0.3 is 0 Å². The Bertz CT molecular complexity index is 852. The van der Waals surface area contributed by atoms with Crippen LogP contribution in [0.4, 0.5) is 13.2 Å². The van der Waals surface area contributed by atoms with Crippen LogP contribution in [0.15, 0.2) is 36.4 Å². The molecule has 0 nitrogen and oxygen atoms in total. The Labute approximate surface area is 166 Å². The molecular weight excluding hydrogens is 357 g/mol. The molecule has 0 heterocycles. The summed E-state index contributed by atoms with van der Waals surface area (Å²) >= 11 is 0. The summed E-state index contributed by atoms with van der Waals surface area (Å²) in [6, 6.07) is 8.57. The number of benzene rings is 2. The average Bonchev–Trinajstić information content (AvgIpc) is 2.69. The lowest BCUT2D eigenvalue weighted by atomic mass is 9.78. The Balaban J connectivity index is 1.56. The van der Waals surface area contributed by atoms with Crippen molar-refractivity contribution in [1.82, 2.24) is 0 Å². The molecule has 1 saturated carbocycles. The Morgan fingerprint density at radius 1 is 0.786 bits per heavy atom. The highest BCUT2D eigenvalue weighted by atomic mass is 19.2. The molecule has 3 rings (SSSR count). The van der Waals surface area contributed by atoms with Gasteiger partial charge in [0.1, 0.15) is 5.82 Å². The first kappa shape index (κ1) is 20.5. The van der Waals surface area contributed by atoms with Crippen molar-refractivity contribution in [2.24, 2.45) is 11.8 Å². The van der Waals surface area contributed by atoms with Gasteiger partial charge in [0.05, 0.1) is 5.56 Å². The minimum Gasteiger partial charge on any atom is -0.206 e. The molecule has 0 aliphatic heterocycles. The second-order valence-electron chi connectivity index (χ2n) is 7.91. The van der Waals surface area contributed by atoms with Gasteiger partial charge in [-0.15, -0.1) is 0 Å². The molecule has 0 radical (unpaired) electrons. The monoisotopic (exact) mass is 384 g/mol. The molecule has 3 heteroatoms. The van der Waals surface area contributed by atoms with E-state index >= 15 is 0 Å². The first-order valence-electron chi connectivity index (χ1n) is 10.3. The van der Waals surface area contributed by atoms with E-state index in [9.17, 15) is 13.2 Å². The third-order valence-electron chi connectivity index (χ3n) is 5.80. The molecular formula is C25H27F3. The zero-order valence-corrected chi connectivity index (χ0v) is 16.4. The lowest BCUT2D eigenvalue weighted by Gasteiger charge is -2.28. The van der Waals surface area contributed by atoms with Crippen molar-refractivity contribution in [2.75, 3.05) is 0 Å². The number of hydrogen-bond acceptors (Lipinski definition) is 0. The van der Waals surface area contributed by atoms with Gasteiger partial charge in [-0.25, -0.2) is 13.2 Å². The summed E-state index contributed by atoms with van der Waals surface area (Å²) in [5.41, 5.74) is 1.58. The van der Waals surface area contributed by atoms with E-state index in [1.807, 2.05) is 6.07 Å². The van der Waals surface area contributed by atoms with Gasteiger partial charge in [0.15, 0.2) is 11.6 Å². The van der Waals surface area contributed by atoms with E-state index in [0.717, 1.165) is 42.4 Å². The summed E-state index contributed by atoms with van der Waals surface area (Å²) in [5.74, 6) is 4.83. The maximum absolute atomic E-state index is 14.4. The van der Waals surface area contributed by atoms with E-state index in [1.54, 1.807) is 12.1 Å². The normalized spacial score (nSPS) is 19.1. The van der Waals surface area contributed by atoms with Crippen LogP contribution in [-0.2, 0) is 6.42 Å². The van der Waals surface area contributed by atoms with Gasteiger partial charge in [-0.1, -0.05) is 63.4 Å². The van der Waals surface area contributed by atoms with Gasteiger partial charge < -0.3 is 0 Å². The second kappa shape index (κ2) is 9.82. The van der Waals surface area contributed by atoms with Crippen LogP contribution in [0.5, 0.6) is 0 Å². The first-order chi connectivity index (χ1) is 13.5. The molecule has 1 aliphatic rings. The summed E-state index contributed by atoms with van der Waals surface area (Å²) in [5, 5.41) is 0. The van der Waals surface area contributed by atoms with Crippen molar-refractivity contribution in [3.8, 4) is 11.8 Å². The van der Waals surface area contributed by atoms with E-state index in [-0.39, 0.29) is 11.4 Å². The summed E-state index contributed by atoms with van der Waals surface area (Å²) in [4.78, 5) is 0. The number of aryl methyl sites for hydroxylation is 1. The topological polar surface area (TPSA) is 0 Å². The minimum absolute atomic E-state index is 0.272. The van der Waals surface area contributed by atoms with Crippen LogP contribution in [-0.4, -0.2) is 0 Å². The van der Waals surface area contributed by atoms with E-state index in [2.05, 4.69) is 18.8 Å². The van der Waals surface area contributed by atoms with Crippen LogP contribution in [0.25, 0.3) is 0 Å². The lowest BCUT2D eigenvalue weighted by Crippen LogP contribution is -2.15. The zero-order chi connectivity index (χ0) is 19.9. The zero-order valence-electron chi connectivity index (χ0n) is 16.4. The summed E-state index contributed by atoms with van der Waals surface area (Å²) in [6.07, 6.45) is 9.90. The van der Waals surface area contributed by atoms with Gasteiger partial charge in [0.25, 0.3) is 0 Å². The highest BCUT2D eigenvalue weighted by Crippen LogP contribution is 2.33. The fourth-order valence-corrected chi connectivity index (χ4v) is 4.12. The quantitative estimate of drug-likeness (QED) is 0.485. The Kier molecular flexibility index (Phi) is 7.20. The Morgan fingerprint density at radius 3 is 2.14 bits per heavy atom. The molecule has 0 saturated heterocycles. The molecule has 0 atom stereocenters. The maximum Gasteiger partial charge on any atom is 0.160 e. The number of hydrogen-bond donors (Lipinski definition) is 0. The van der Waals surface area contributed by atoms with Crippen molar-refractivity contribution in [3.05, 3.63) is 70.5 Å². The molecule has 1 aliphatic carbocycles. The van der Waals surface area contributed by atoms with Crippen molar-refractivity contribution < 1.29 is 13.2 Å². The van der Waals surface area contributed by atoms with Gasteiger partial charge in [0.2, 0.25) is 0 Å². The first-order valence-corrected chi connectivity index (χ1v) is 10.3. The van der Waals surface area contributed by atoms with E-state index < -0.39 is 11.6 Å². The molecule has 2 aromatic carbocycles. The van der Waals surface area contributed by atoms with Crippen molar-refractivity contribution in [3.63, 3.8) is 0 Å². The molecule has 2 aromatic rings. The standard InChI is InChI=1S/C25H27F3/c1-2-3-18-4-6-19(7-5-18)8-9-20-10-13-22(24(27)16-20)14-11-21-12-15-23(26)25(28)17-21/h10,12-13,15-19H,2-9H2,1H3. The van der Waals surface area contributed by atoms with Gasteiger partial charge in [-0.3, -0.25) is 0 Å². The molecule has 28 heavy (non-hydrogen) atoms. The van der Waals surface area contributed by atoms with Gasteiger partial charge in [-0.2, -0.15) is 0 Å². The molecule has 0 bridgehead atoms. The average molecular weight is 384 g/mol. The minimum atomic E-state index is -0.952. The van der Waals surface area contributed by atoms with Gasteiger partial charge in [0, 0.05) is 5.56 Å². The molecule has 148 valence electrons. The van der Waals surface area contributed by atoms with Gasteiger partial charge in [-0.05, 0) is 60.6 Å². The van der Waals surface area contributed by atoms with Crippen LogP contribution in [0.2, 0.25) is 0 Å².